The molecule has 3 heteroatoms. The highest BCUT2D eigenvalue weighted by Gasteiger charge is 2.27. The van der Waals surface area contributed by atoms with Gasteiger partial charge in [-0.3, -0.25) is 4.79 Å². The fourth-order valence-electron chi connectivity index (χ4n) is 2.78. The first-order chi connectivity index (χ1) is 7.90. The van der Waals surface area contributed by atoms with Crippen molar-refractivity contribution in [2.45, 2.75) is 65.5 Å². The van der Waals surface area contributed by atoms with E-state index in [1.54, 1.807) is 0 Å². The second-order valence-electron chi connectivity index (χ2n) is 6.25. The van der Waals surface area contributed by atoms with Gasteiger partial charge >= 0.3 is 0 Å². The zero-order chi connectivity index (χ0) is 13.0. The molecule has 0 heterocycles. The molecule has 0 saturated heterocycles. The summed E-state index contributed by atoms with van der Waals surface area (Å²) in [6.07, 6.45) is 4.30. The predicted octanol–water partition coefficient (Wildman–Crippen LogP) is 2.30. The lowest BCUT2D eigenvalue weighted by molar-refractivity contribution is -0.124. The second-order valence-corrected chi connectivity index (χ2v) is 6.25. The van der Waals surface area contributed by atoms with Crippen molar-refractivity contribution in [1.82, 2.24) is 5.32 Å². The van der Waals surface area contributed by atoms with Crippen molar-refractivity contribution in [2.24, 2.45) is 23.5 Å². The highest BCUT2D eigenvalue weighted by molar-refractivity contribution is 5.81. The Kier molecular flexibility index (Phi) is 5.44. The van der Waals surface area contributed by atoms with Crippen LogP contribution < -0.4 is 11.1 Å². The molecule has 1 aliphatic rings. The molecule has 0 aliphatic heterocycles. The van der Waals surface area contributed by atoms with Crippen LogP contribution >= 0.6 is 0 Å². The van der Waals surface area contributed by atoms with E-state index in [0.717, 1.165) is 18.8 Å². The Labute approximate surface area is 106 Å². The van der Waals surface area contributed by atoms with E-state index in [0.29, 0.717) is 17.9 Å². The van der Waals surface area contributed by atoms with Gasteiger partial charge in [-0.1, -0.05) is 27.7 Å². The van der Waals surface area contributed by atoms with Crippen LogP contribution in [0, 0.1) is 17.8 Å². The molecule has 3 N–H and O–H groups in total. The van der Waals surface area contributed by atoms with Crippen LogP contribution in [0.4, 0.5) is 0 Å². The number of nitrogens with one attached hydrogen (secondary N) is 1. The van der Waals surface area contributed by atoms with E-state index in [2.05, 4.69) is 33.0 Å². The monoisotopic (exact) mass is 240 g/mol. The van der Waals surface area contributed by atoms with Crippen LogP contribution in [0.2, 0.25) is 0 Å². The molecule has 1 aliphatic carbocycles. The van der Waals surface area contributed by atoms with Gasteiger partial charge in [-0.2, -0.15) is 0 Å². The molecule has 1 rings (SSSR count). The lowest BCUT2D eigenvalue weighted by atomic mass is 9.80. The van der Waals surface area contributed by atoms with Crippen LogP contribution in [-0.4, -0.2) is 18.0 Å². The first-order valence-corrected chi connectivity index (χ1v) is 6.96. The Morgan fingerprint density at radius 3 is 2.53 bits per heavy atom. The minimum absolute atomic E-state index is 0.0325. The van der Waals surface area contributed by atoms with E-state index in [-0.39, 0.29) is 11.9 Å². The average Bonchev–Trinajstić information content (AvgIpc) is 2.21. The molecule has 0 aromatic heterocycles. The van der Waals surface area contributed by atoms with Crippen molar-refractivity contribution >= 4 is 5.91 Å². The Morgan fingerprint density at radius 1 is 1.35 bits per heavy atom. The summed E-state index contributed by atoms with van der Waals surface area (Å²) in [5, 5.41) is 3.13. The van der Waals surface area contributed by atoms with Crippen LogP contribution in [0.1, 0.15) is 53.4 Å². The van der Waals surface area contributed by atoms with Crippen molar-refractivity contribution in [3.05, 3.63) is 0 Å². The van der Waals surface area contributed by atoms with Gasteiger partial charge in [0.1, 0.15) is 0 Å². The fourth-order valence-corrected chi connectivity index (χ4v) is 2.78. The van der Waals surface area contributed by atoms with Gasteiger partial charge in [0.25, 0.3) is 0 Å². The van der Waals surface area contributed by atoms with Crippen LogP contribution in [0.15, 0.2) is 0 Å². The van der Waals surface area contributed by atoms with Gasteiger partial charge in [-0.15, -0.1) is 0 Å². The summed E-state index contributed by atoms with van der Waals surface area (Å²) in [4.78, 5) is 11.9. The van der Waals surface area contributed by atoms with Crippen molar-refractivity contribution in [3.8, 4) is 0 Å². The van der Waals surface area contributed by atoms with Crippen molar-refractivity contribution in [1.29, 1.82) is 0 Å². The quantitative estimate of drug-likeness (QED) is 0.792. The predicted molar refractivity (Wildman–Crippen MR) is 71.5 cm³/mol. The number of carbonyl (C=O) groups is 1. The van der Waals surface area contributed by atoms with Crippen molar-refractivity contribution in [2.75, 3.05) is 0 Å². The third-order valence-corrected chi connectivity index (χ3v) is 3.82. The molecular weight excluding hydrogens is 212 g/mol. The van der Waals surface area contributed by atoms with Crippen LogP contribution in [0.5, 0.6) is 0 Å². The molecule has 0 bridgehead atoms. The largest absolute Gasteiger partial charge is 0.352 e. The topological polar surface area (TPSA) is 55.1 Å². The van der Waals surface area contributed by atoms with E-state index in [9.17, 15) is 4.79 Å². The van der Waals surface area contributed by atoms with Crippen LogP contribution in [0.3, 0.4) is 0 Å². The number of rotatable bonds is 4. The number of hydrogen-bond donors (Lipinski definition) is 2. The summed E-state index contributed by atoms with van der Waals surface area (Å²) < 4.78 is 0. The van der Waals surface area contributed by atoms with Crippen LogP contribution in [-0.2, 0) is 4.79 Å². The zero-order valence-electron chi connectivity index (χ0n) is 11.7. The molecule has 3 unspecified atom stereocenters. The molecule has 4 atom stereocenters. The van der Waals surface area contributed by atoms with Gasteiger partial charge in [0.05, 0.1) is 6.04 Å². The molecule has 1 fully saturated rings. The Bertz CT molecular complexity index is 253. The number of carbonyl (C=O) groups excluding carboxylic acids is 1. The van der Waals surface area contributed by atoms with Crippen molar-refractivity contribution < 1.29 is 4.79 Å². The molecule has 3 nitrogen and oxygen atoms in total. The summed E-state index contributed by atoms with van der Waals surface area (Å²) in [7, 11) is 0. The highest BCUT2D eigenvalue weighted by atomic mass is 16.2. The molecule has 100 valence electrons. The minimum atomic E-state index is -0.346. The molecular formula is C14H28N2O. The number of nitrogens with two attached hydrogens (primary N) is 1. The molecule has 0 radical (unpaired) electrons. The van der Waals surface area contributed by atoms with E-state index >= 15 is 0 Å². The van der Waals surface area contributed by atoms with Gasteiger partial charge in [-0.05, 0) is 43.4 Å². The minimum Gasteiger partial charge on any atom is -0.352 e. The first kappa shape index (κ1) is 14.5. The normalized spacial score (nSPS) is 31.3. The Hall–Kier alpha value is -0.570. The van der Waals surface area contributed by atoms with Crippen molar-refractivity contribution in [3.63, 3.8) is 0 Å². The van der Waals surface area contributed by atoms with E-state index in [4.69, 9.17) is 5.73 Å². The van der Waals surface area contributed by atoms with Gasteiger partial charge in [0, 0.05) is 6.04 Å². The second kappa shape index (κ2) is 6.39. The summed E-state index contributed by atoms with van der Waals surface area (Å²) in [5.74, 6) is 1.88. The standard InChI is InChI=1S/C14H28N2O/c1-9(2)7-12(15)14(17)16-13-6-5-10(3)8-11(13)4/h9-13H,5-8,15H2,1-4H3,(H,16,17)/t10?,11?,12-,13?/m0/s1. The number of amides is 1. The third-order valence-electron chi connectivity index (χ3n) is 3.82. The van der Waals surface area contributed by atoms with Gasteiger partial charge in [-0.25, -0.2) is 0 Å². The van der Waals surface area contributed by atoms with E-state index < -0.39 is 0 Å². The van der Waals surface area contributed by atoms with Gasteiger partial charge in [0.15, 0.2) is 0 Å². The van der Waals surface area contributed by atoms with E-state index in [1.807, 2.05) is 0 Å². The molecule has 0 aromatic carbocycles. The lowest BCUT2D eigenvalue weighted by Crippen LogP contribution is -2.49. The molecule has 17 heavy (non-hydrogen) atoms. The maximum Gasteiger partial charge on any atom is 0.237 e. The smallest absolute Gasteiger partial charge is 0.237 e. The van der Waals surface area contributed by atoms with E-state index in [1.165, 1.54) is 12.8 Å². The number of hydrogen-bond acceptors (Lipinski definition) is 2. The highest BCUT2D eigenvalue weighted by Crippen LogP contribution is 2.28. The SMILES string of the molecule is CC(C)C[C@H](N)C(=O)NC1CCC(C)CC1C. The van der Waals surface area contributed by atoms with Gasteiger partial charge in [0.2, 0.25) is 5.91 Å². The summed E-state index contributed by atoms with van der Waals surface area (Å²) >= 11 is 0. The maximum atomic E-state index is 11.9. The summed E-state index contributed by atoms with van der Waals surface area (Å²) in [5.41, 5.74) is 5.90. The summed E-state index contributed by atoms with van der Waals surface area (Å²) in [6, 6.07) is -0.0153. The fraction of sp³-hybridized carbons (Fsp3) is 0.929. The molecule has 0 aromatic rings. The Morgan fingerprint density at radius 2 is 2.00 bits per heavy atom. The molecule has 0 spiro atoms. The lowest BCUT2D eigenvalue weighted by Gasteiger charge is -2.33. The maximum absolute atomic E-state index is 11.9. The summed E-state index contributed by atoms with van der Waals surface area (Å²) in [6.45, 7) is 8.71. The Balaban J connectivity index is 2.40. The third kappa shape index (κ3) is 4.66. The first-order valence-electron chi connectivity index (χ1n) is 6.96. The van der Waals surface area contributed by atoms with Gasteiger partial charge < -0.3 is 11.1 Å². The molecule has 1 saturated carbocycles. The van der Waals surface area contributed by atoms with Crippen LogP contribution in [0.25, 0.3) is 0 Å². The average molecular weight is 240 g/mol. The zero-order valence-corrected chi connectivity index (χ0v) is 11.7. The molecule has 1 amide bonds.